The lowest BCUT2D eigenvalue weighted by Gasteiger charge is -2.32. The predicted molar refractivity (Wildman–Crippen MR) is 103 cm³/mol. The van der Waals surface area contributed by atoms with Crippen molar-refractivity contribution in [3.05, 3.63) is 36.2 Å². The van der Waals surface area contributed by atoms with Crippen LogP contribution < -0.4 is 10.2 Å². The molecule has 1 saturated heterocycles. The summed E-state index contributed by atoms with van der Waals surface area (Å²) in [5.41, 5.74) is 2.76. The van der Waals surface area contributed by atoms with E-state index in [1.54, 1.807) is 17.5 Å². The van der Waals surface area contributed by atoms with Crippen LogP contribution in [0.4, 0.5) is 10.8 Å². The van der Waals surface area contributed by atoms with Crippen LogP contribution in [0.15, 0.2) is 30.5 Å². The molecule has 0 bridgehead atoms. The Kier molecular flexibility index (Phi) is 4.85. The van der Waals surface area contributed by atoms with Crippen molar-refractivity contribution in [1.82, 2.24) is 15.2 Å². The number of methoxy groups -OCH3 is 1. The number of anilines is 2. The molecule has 1 aliphatic heterocycles. The normalized spacial score (nSPS) is 17.6. The molecular formula is C18H21N5O2S. The molecule has 2 N–H and O–H groups in total. The molecule has 7 nitrogen and oxygen atoms in total. The Bertz CT molecular complexity index is 873. The van der Waals surface area contributed by atoms with Crippen LogP contribution in [0.25, 0.3) is 10.2 Å². The number of fused-ring (bicyclic) bond motifs is 1. The quantitative estimate of drug-likeness (QED) is 0.720. The molecule has 0 radical (unpaired) electrons. The molecule has 3 aromatic rings. The van der Waals surface area contributed by atoms with Gasteiger partial charge in [-0.1, -0.05) is 23.5 Å². The first-order chi connectivity index (χ1) is 12.7. The monoisotopic (exact) mass is 371 g/mol. The van der Waals surface area contributed by atoms with Crippen LogP contribution in [-0.4, -0.2) is 47.9 Å². The lowest BCUT2D eigenvalue weighted by atomic mass is 9.94. The summed E-state index contributed by atoms with van der Waals surface area (Å²) in [6.45, 7) is 1.89. The molecule has 8 heteroatoms. The number of aromatic amines is 1. The number of hydrogen-bond donors (Lipinski definition) is 2. The number of nitrogens with one attached hydrogen (secondary N) is 2. The topological polar surface area (TPSA) is 83.1 Å². The highest BCUT2D eigenvalue weighted by Gasteiger charge is 2.27. The summed E-state index contributed by atoms with van der Waals surface area (Å²) in [6.07, 6.45) is 3.79. The van der Waals surface area contributed by atoms with Crippen molar-refractivity contribution in [1.29, 1.82) is 0 Å². The van der Waals surface area contributed by atoms with E-state index in [0.717, 1.165) is 48.0 Å². The van der Waals surface area contributed by atoms with Gasteiger partial charge in [-0.05, 0) is 25.0 Å². The Morgan fingerprint density at radius 3 is 3.19 bits per heavy atom. The Morgan fingerprint density at radius 2 is 2.35 bits per heavy atom. The minimum Gasteiger partial charge on any atom is -0.375 e. The molecular weight excluding hydrogens is 350 g/mol. The molecule has 2 aromatic heterocycles. The second-order valence-corrected chi connectivity index (χ2v) is 7.44. The number of amides is 1. The van der Waals surface area contributed by atoms with Gasteiger partial charge in [0.25, 0.3) is 0 Å². The Labute approximate surface area is 155 Å². The number of hydrogen-bond acceptors (Lipinski definition) is 6. The highest BCUT2D eigenvalue weighted by atomic mass is 32.1. The van der Waals surface area contributed by atoms with Gasteiger partial charge in [-0.2, -0.15) is 5.10 Å². The average molecular weight is 371 g/mol. The Hall–Kier alpha value is -2.45. The van der Waals surface area contributed by atoms with Crippen molar-refractivity contribution in [3.8, 4) is 0 Å². The number of benzene rings is 1. The lowest BCUT2D eigenvalue weighted by molar-refractivity contribution is -0.119. The third kappa shape index (κ3) is 3.42. The highest BCUT2D eigenvalue weighted by molar-refractivity contribution is 7.22. The van der Waals surface area contributed by atoms with Gasteiger partial charge >= 0.3 is 0 Å². The fourth-order valence-corrected chi connectivity index (χ4v) is 4.41. The van der Waals surface area contributed by atoms with Crippen molar-refractivity contribution in [2.75, 3.05) is 37.0 Å². The van der Waals surface area contributed by atoms with Gasteiger partial charge in [-0.25, -0.2) is 4.98 Å². The molecule has 1 amide bonds. The molecule has 4 rings (SSSR count). The first-order valence-electron chi connectivity index (χ1n) is 8.67. The van der Waals surface area contributed by atoms with E-state index in [4.69, 9.17) is 9.72 Å². The number of ether oxygens (including phenoxy) is 1. The number of para-hydroxylation sites is 1. The molecule has 0 unspecified atom stereocenters. The molecule has 1 fully saturated rings. The van der Waals surface area contributed by atoms with Crippen LogP contribution >= 0.6 is 11.3 Å². The molecule has 136 valence electrons. The van der Waals surface area contributed by atoms with Crippen LogP contribution in [0.2, 0.25) is 0 Å². The van der Waals surface area contributed by atoms with E-state index in [0.29, 0.717) is 0 Å². The molecule has 0 saturated carbocycles. The van der Waals surface area contributed by atoms with E-state index in [1.807, 2.05) is 12.1 Å². The first-order valence-corrected chi connectivity index (χ1v) is 9.49. The predicted octanol–water partition coefficient (Wildman–Crippen LogP) is 2.99. The maximum atomic E-state index is 11.8. The Balaban J connectivity index is 1.52. The SMILES string of the molecule is COCC(=O)Nc1cn[nH]c1[C@H]1CCCN(c2nc3ccccc3s2)C1. The van der Waals surface area contributed by atoms with Crippen molar-refractivity contribution in [2.45, 2.75) is 18.8 Å². The van der Waals surface area contributed by atoms with Gasteiger partial charge in [0.2, 0.25) is 5.91 Å². The molecule has 0 spiro atoms. The fourth-order valence-electron chi connectivity index (χ4n) is 3.41. The van der Waals surface area contributed by atoms with Gasteiger partial charge in [-0.15, -0.1) is 0 Å². The van der Waals surface area contributed by atoms with Gasteiger partial charge in [0.05, 0.1) is 27.8 Å². The minimum atomic E-state index is -0.172. The van der Waals surface area contributed by atoms with Crippen LogP contribution in [0.3, 0.4) is 0 Å². The summed E-state index contributed by atoms with van der Waals surface area (Å²) >= 11 is 1.73. The Morgan fingerprint density at radius 1 is 1.46 bits per heavy atom. The number of carbonyl (C=O) groups is 1. The second-order valence-electron chi connectivity index (χ2n) is 6.43. The largest absolute Gasteiger partial charge is 0.375 e. The summed E-state index contributed by atoms with van der Waals surface area (Å²) in [5.74, 6) is 0.102. The van der Waals surface area contributed by atoms with Gasteiger partial charge in [0.15, 0.2) is 5.13 Å². The summed E-state index contributed by atoms with van der Waals surface area (Å²) in [6, 6.07) is 8.22. The third-order valence-electron chi connectivity index (χ3n) is 4.60. The zero-order valence-electron chi connectivity index (χ0n) is 14.6. The van der Waals surface area contributed by atoms with E-state index in [1.165, 1.54) is 11.8 Å². The van der Waals surface area contributed by atoms with Gasteiger partial charge in [-0.3, -0.25) is 9.89 Å². The van der Waals surface area contributed by atoms with Crippen molar-refractivity contribution in [2.24, 2.45) is 0 Å². The van der Waals surface area contributed by atoms with Gasteiger partial charge < -0.3 is 15.0 Å². The van der Waals surface area contributed by atoms with E-state index >= 15 is 0 Å². The number of nitrogens with zero attached hydrogens (tertiary/aromatic N) is 3. The van der Waals surface area contributed by atoms with Crippen molar-refractivity contribution < 1.29 is 9.53 Å². The maximum absolute atomic E-state index is 11.8. The van der Waals surface area contributed by atoms with Gasteiger partial charge in [0.1, 0.15) is 6.61 Å². The molecule has 0 aliphatic carbocycles. The second kappa shape index (κ2) is 7.43. The zero-order chi connectivity index (χ0) is 17.9. The van der Waals surface area contributed by atoms with E-state index in [9.17, 15) is 4.79 Å². The third-order valence-corrected chi connectivity index (χ3v) is 5.70. The van der Waals surface area contributed by atoms with E-state index in [2.05, 4.69) is 32.5 Å². The molecule has 26 heavy (non-hydrogen) atoms. The minimum absolute atomic E-state index is 0.0348. The number of carbonyl (C=O) groups excluding carboxylic acids is 1. The number of piperidine rings is 1. The van der Waals surface area contributed by atoms with Crippen LogP contribution in [0.1, 0.15) is 24.5 Å². The summed E-state index contributed by atoms with van der Waals surface area (Å²) < 4.78 is 6.09. The van der Waals surface area contributed by atoms with Crippen LogP contribution in [0, 0.1) is 0 Å². The highest BCUT2D eigenvalue weighted by Crippen LogP contribution is 2.35. The molecule has 1 atom stereocenters. The smallest absolute Gasteiger partial charge is 0.250 e. The number of H-pyrrole nitrogens is 1. The molecule has 1 aromatic carbocycles. The zero-order valence-corrected chi connectivity index (χ0v) is 15.4. The number of aromatic nitrogens is 3. The van der Waals surface area contributed by atoms with Crippen LogP contribution in [0.5, 0.6) is 0 Å². The van der Waals surface area contributed by atoms with E-state index in [-0.39, 0.29) is 18.4 Å². The average Bonchev–Trinajstić information content (AvgIpc) is 3.28. The first kappa shape index (κ1) is 17.0. The van der Waals surface area contributed by atoms with Crippen molar-refractivity contribution in [3.63, 3.8) is 0 Å². The van der Waals surface area contributed by atoms with Gasteiger partial charge in [0, 0.05) is 26.1 Å². The van der Waals surface area contributed by atoms with E-state index < -0.39 is 0 Å². The molecule has 1 aliphatic rings. The van der Waals surface area contributed by atoms with Crippen LogP contribution in [-0.2, 0) is 9.53 Å². The maximum Gasteiger partial charge on any atom is 0.250 e. The van der Waals surface area contributed by atoms with Crippen molar-refractivity contribution >= 4 is 38.3 Å². The fraction of sp³-hybridized carbons (Fsp3) is 0.389. The summed E-state index contributed by atoms with van der Waals surface area (Å²) in [5, 5.41) is 11.1. The summed E-state index contributed by atoms with van der Waals surface area (Å²) in [7, 11) is 1.51. The standard InChI is InChI=1S/C18H21N5O2S/c1-25-11-16(24)20-14-9-19-22-17(14)12-5-4-8-23(10-12)18-21-13-6-2-3-7-15(13)26-18/h2-3,6-7,9,12H,4-5,8,10-11H2,1H3,(H,19,22)(H,20,24)/t12-/m0/s1. The summed E-state index contributed by atoms with van der Waals surface area (Å²) in [4.78, 5) is 18.9. The molecule has 3 heterocycles. The number of rotatable bonds is 5. The lowest BCUT2D eigenvalue weighted by Crippen LogP contribution is -2.34. The number of thiazole rings is 1.